The largest absolute Gasteiger partial charge is 0.382 e. The van der Waals surface area contributed by atoms with Crippen LogP contribution in [0.5, 0.6) is 0 Å². The van der Waals surface area contributed by atoms with Crippen LogP contribution in [0.3, 0.4) is 0 Å². The molecule has 1 rings (SSSR count). The van der Waals surface area contributed by atoms with E-state index < -0.39 is 0 Å². The minimum atomic E-state index is -0.274. The molecule has 62 valence electrons. The SMILES string of the molecule is [B][C@H]1CC(ON)[C@@H](COC)O1. The number of hydrogen-bond donors (Lipinski definition) is 1. The fourth-order valence-corrected chi connectivity index (χ4v) is 1.20. The maximum absolute atomic E-state index is 5.51. The number of ether oxygens (including phenoxy) is 2. The van der Waals surface area contributed by atoms with E-state index >= 15 is 0 Å². The molecule has 2 radical (unpaired) electrons. The molecule has 0 saturated carbocycles. The van der Waals surface area contributed by atoms with Crippen molar-refractivity contribution in [2.45, 2.75) is 24.6 Å². The topological polar surface area (TPSA) is 53.7 Å². The summed E-state index contributed by atoms with van der Waals surface area (Å²) < 4.78 is 10.1. The predicted molar refractivity (Wildman–Crippen MR) is 40.0 cm³/mol. The molecule has 1 heterocycles. The molecule has 11 heavy (non-hydrogen) atoms. The van der Waals surface area contributed by atoms with Gasteiger partial charge in [-0.05, 0) is 6.42 Å². The van der Waals surface area contributed by atoms with E-state index in [-0.39, 0.29) is 18.2 Å². The first-order chi connectivity index (χ1) is 5.27. The molecule has 1 aliphatic rings. The summed E-state index contributed by atoms with van der Waals surface area (Å²) in [4.78, 5) is 4.66. The van der Waals surface area contributed by atoms with Gasteiger partial charge in [-0.25, -0.2) is 5.90 Å². The highest BCUT2D eigenvalue weighted by atomic mass is 16.7. The molecule has 0 aromatic rings. The van der Waals surface area contributed by atoms with Crippen molar-refractivity contribution in [3.05, 3.63) is 0 Å². The lowest BCUT2D eigenvalue weighted by Gasteiger charge is -2.14. The van der Waals surface area contributed by atoms with Crippen molar-refractivity contribution < 1.29 is 14.3 Å². The van der Waals surface area contributed by atoms with Gasteiger partial charge < -0.3 is 9.47 Å². The van der Waals surface area contributed by atoms with Gasteiger partial charge in [0.05, 0.1) is 6.61 Å². The summed E-state index contributed by atoms with van der Waals surface area (Å²) in [6.07, 6.45) is 0.370. The first-order valence-corrected chi connectivity index (χ1v) is 3.53. The van der Waals surface area contributed by atoms with Gasteiger partial charge in [-0.15, -0.1) is 0 Å². The third-order valence-corrected chi connectivity index (χ3v) is 1.73. The predicted octanol–water partition coefficient (Wildman–Crippen LogP) is -0.825. The van der Waals surface area contributed by atoms with Crippen molar-refractivity contribution in [2.24, 2.45) is 5.90 Å². The van der Waals surface area contributed by atoms with E-state index in [1.165, 1.54) is 0 Å². The van der Waals surface area contributed by atoms with Crippen LogP contribution >= 0.6 is 0 Å². The quantitative estimate of drug-likeness (QED) is 0.429. The third-order valence-electron chi connectivity index (χ3n) is 1.73. The summed E-state index contributed by atoms with van der Waals surface area (Å²) in [6.45, 7) is 0.468. The number of rotatable bonds is 3. The van der Waals surface area contributed by atoms with Gasteiger partial charge in [0.15, 0.2) is 0 Å². The average molecular weight is 157 g/mol. The molecule has 3 atom stereocenters. The van der Waals surface area contributed by atoms with Crippen molar-refractivity contribution in [1.82, 2.24) is 0 Å². The summed E-state index contributed by atoms with van der Waals surface area (Å²) in [5.41, 5.74) is 0. The molecule has 1 fully saturated rings. The van der Waals surface area contributed by atoms with Gasteiger partial charge in [0.25, 0.3) is 0 Å². The standard InChI is InChI=1S/C6H12BNO3/c1-9-3-5-4(11-8)2-6(7)10-5/h4-6H,2-3,8H2,1H3/t4?,5-,6-/m1/s1. The fourth-order valence-electron chi connectivity index (χ4n) is 1.20. The third kappa shape index (κ3) is 2.17. The first-order valence-electron chi connectivity index (χ1n) is 3.53. The van der Waals surface area contributed by atoms with Gasteiger partial charge >= 0.3 is 0 Å². The minimum absolute atomic E-state index is 0.125. The zero-order valence-electron chi connectivity index (χ0n) is 6.53. The second kappa shape index (κ2) is 4.06. The lowest BCUT2D eigenvalue weighted by atomic mass is 9.96. The van der Waals surface area contributed by atoms with Gasteiger partial charge in [0.2, 0.25) is 0 Å². The van der Waals surface area contributed by atoms with Crippen molar-refractivity contribution in [2.75, 3.05) is 13.7 Å². The summed E-state index contributed by atoms with van der Waals surface area (Å²) in [7, 11) is 7.11. The van der Waals surface area contributed by atoms with E-state index in [4.69, 9.17) is 23.2 Å². The lowest BCUT2D eigenvalue weighted by Crippen LogP contribution is -2.30. The van der Waals surface area contributed by atoms with Gasteiger partial charge in [-0.2, -0.15) is 0 Å². The highest BCUT2D eigenvalue weighted by Gasteiger charge is 2.32. The average Bonchev–Trinajstić information content (AvgIpc) is 2.32. The van der Waals surface area contributed by atoms with Gasteiger partial charge in [-0.3, -0.25) is 4.84 Å². The lowest BCUT2D eigenvalue weighted by molar-refractivity contribution is -0.0471. The Morgan fingerprint density at radius 1 is 1.73 bits per heavy atom. The van der Waals surface area contributed by atoms with Crippen molar-refractivity contribution >= 4 is 7.85 Å². The summed E-state index contributed by atoms with van der Waals surface area (Å²) in [5, 5.41) is 0. The van der Waals surface area contributed by atoms with Crippen LogP contribution in [-0.2, 0) is 14.3 Å². The van der Waals surface area contributed by atoms with E-state index in [0.29, 0.717) is 13.0 Å². The zero-order valence-corrected chi connectivity index (χ0v) is 6.53. The minimum Gasteiger partial charge on any atom is -0.382 e. The maximum atomic E-state index is 5.51. The van der Waals surface area contributed by atoms with E-state index in [1.807, 2.05) is 0 Å². The van der Waals surface area contributed by atoms with E-state index in [9.17, 15) is 0 Å². The molecule has 0 bridgehead atoms. The van der Waals surface area contributed by atoms with Crippen molar-refractivity contribution in [3.8, 4) is 0 Å². The summed E-state index contributed by atoms with van der Waals surface area (Å²) >= 11 is 0. The first kappa shape index (κ1) is 9.00. The van der Waals surface area contributed by atoms with Gasteiger partial charge in [0.1, 0.15) is 20.1 Å². The fraction of sp³-hybridized carbons (Fsp3) is 1.00. The van der Waals surface area contributed by atoms with Gasteiger partial charge in [-0.1, -0.05) is 0 Å². The maximum Gasteiger partial charge on any atom is 0.109 e. The molecular formula is C6H12BNO3. The van der Waals surface area contributed by atoms with Crippen LogP contribution in [0.2, 0.25) is 0 Å². The highest BCUT2D eigenvalue weighted by molar-refractivity contribution is 6.11. The Morgan fingerprint density at radius 3 is 3.00 bits per heavy atom. The molecule has 5 heteroatoms. The molecular weight excluding hydrogens is 145 g/mol. The molecule has 1 unspecified atom stereocenters. The molecule has 2 N–H and O–H groups in total. The summed E-state index contributed by atoms with van der Waals surface area (Å²) in [6, 6.07) is -0.274. The van der Waals surface area contributed by atoms with Crippen LogP contribution in [0.1, 0.15) is 6.42 Å². The Hall–Kier alpha value is -0.0951. The van der Waals surface area contributed by atoms with Crippen LogP contribution in [0.25, 0.3) is 0 Å². The zero-order chi connectivity index (χ0) is 8.27. The van der Waals surface area contributed by atoms with Crippen molar-refractivity contribution in [3.63, 3.8) is 0 Å². The molecule has 0 aliphatic carbocycles. The van der Waals surface area contributed by atoms with Gasteiger partial charge in [0, 0.05) is 13.1 Å². The molecule has 1 saturated heterocycles. The molecule has 0 aromatic carbocycles. The Morgan fingerprint density at radius 2 is 2.45 bits per heavy atom. The monoisotopic (exact) mass is 157 g/mol. The second-order valence-corrected chi connectivity index (χ2v) is 2.58. The molecule has 1 aliphatic heterocycles. The normalized spacial score (nSPS) is 37.8. The van der Waals surface area contributed by atoms with E-state index in [1.54, 1.807) is 7.11 Å². The number of nitrogens with two attached hydrogens (primary N) is 1. The number of methoxy groups -OCH3 is 1. The van der Waals surface area contributed by atoms with Crippen LogP contribution < -0.4 is 5.90 Å². The van der Waals surface area contributed by atoms with Crippen LogP contribution in [0.4, 0.5) is 0 Å². The molecule has 0 aromatic heterocycles. The van der Waals surface area contributed by atoms with Crippen LogP contribution in [-0.4, -0.2) is 39.8 Å². The van der Waals surface area contributed by atoms with E-state index in [0.717, 1.165) is 0 Å². The van der Waals surface area contributed by atoms with E-state index in [2.05, 4.69) is 4.84 Å². The van der Waals surface area contributed by atoms with Crippen LogP contribution in [0.15, 0.2) is 0 Å². The molecule has 4 nitrogen and oxygen atoms in total. The Labute approximate surface area is 67.3 Å². The Balaban J connectivity index is 2.37. The smallest absolute Gasteiger partial charge is 0.109 e. The Kier molecular flexibility index (Phi) is 3.32. The second-order valence-electron chi connectivity index (χ2n) is 2.58. The van der Waals surface area contributed by atoms with Crippen molar-refractivity contribution in [1.29, 1.82) is 0 Å². The highest BCUT2D eigenvalue weighted by Crippen LogP contribution is 2.20. The number of hydrogen-bond acceptors (Lipinski definition) is 4. The molecule has 0 amide bonds. The Bertz CT molecular complexity index is 124. The molecule has 0 spiro atoms. The van der Waals surface area contributed by atoms with Crippen LogP contribution in [0, 0.1) is 0 Å². The summed E-state index contributed by atoms with van der Waals surface area (Å²) in [5.74, 6) is 5.03.